The Morgan fingerprint density at radius 1 is 0.714 bits per heavy atom. The molecule has 2 aliphatic carbocycles. The third kappa shape index (κ3) is 6.65. The molecular formula is C30H37F5. The third-order valence-corrected chi connectivity index (χ3v) is 8.57. The predicted octanol–water partition coefficient (Wildman–Crippen LogP) is 9.65. The first-order valence-electron chi connectivity index (χ1n) is 13.4. The summed E-state index contributed by atoms with van der Waals surface area (Å²) >= 11 is 0. The molecule has 2 aromatic carbocycles. The number of aryl methyl sites for hydroxylation is 2. The van der Waals surface area contributed by atoms with Crippen LogP contribution in [0, 0.1) is 29.4 Å². The number of alkyl halides is 3. The summed E-state index contributed by atoms with van der Waals surface area (Å²) in [4.78, 5) is 0. The second-order valence-corrected chi connectivity index (χ2v) is 10.9. The van der Waals surface area contributed by atoms with Gasteiger partial charge in [-0.1, -0.05) is 56.9 Å². The Kier molecular flexibility index (Phi) is 8.54. The van der Waals surface area contributed by atoms with Crippen molar-refractivity contribution in [2.24, 2.45) is 17.8 Å². The van der Waals surface area contributed by atoms with E-state index in [9.17, 15) is 22.0 Å². The quantitative estimate of drug-likeness (QED) is 0.338. The zero-order chi connectivity index (χ0) is 25.0. The monoisotopic (exact) mass is 492 g/mol. The molecule has 0 aliphatic heterocycles. The first-order chi connectivity index (χ1) is 16.7. The molecular weight excluding hydrogens is 455 g/mol. The minimum atomic E-state index is -5.03. The summed E-state index contributed by atoms with van der Waals surface area (Å²) in [7, 11) is 0. The number of hydrogen-bond donors (Lipinski definition) is 0. The molecule has 2 saturated carbocycles. The summed E-state index contributed by atoms with van der Waals surface area (Å²) in [5.74, 6) is 0.266. The number of hydrogen-bond acceptors (Lipinski definition) is 0. The van der Waals surface area contributed by atoms with E-state index in [1.165, 1.54) is 69.8 Å². The van der Waals surface area contributed by atoms with Crippen molar-refractivity contribution >= 4 is 0 Å². The van der Waals surface area contributed by atoms with Gasteiger partial charge in [0, 0.05) is 0 Å². The molecule has 0 bridgehead atoms. The highest BCUT2D eigenvalue weighted by atomic mass is 19.4. The smallest absolute Gasteiger partial charge is 0.206 e. The zero-order valence-electron chi connectivity index (χ0n) is 20.6. The Hall–Kier alpha value is -1.91. The maximum atomic E-state index is 13.8. The van der Waals surface area contributed by atoms with Gasteiger partial charge in [-0.2, -0.15) is 13.2 Å². The Bertz CT molecular complexity index is 923. The van der Waals surface area contributed by atoms with E-state index in [2.05, 4.69) is 19.1 Å². The molecule has 0 saturated heterocycles. The minimum absolute atomic E-state index is 0.235. The molecule has 0 nitrogen and oxygen atoms in total. The highest BCUT2D eigenvalue weighted by molar-refractivity contribution is 5.30. The maximum absolute atomic E-state index is 13.8. The van der Waals surface area contributed by atoms with Crippen molar-refractivity contribution in [1.29, 1.82) is 0 Å². The van der Waals surface area contributed by atoms with Gasteiger partial charge in [0.25, 0.3) is 0 Å². The van der Waals surface area contributed by atoms with Gasteiger partial charge in [-0.15, -0.1) is 0 Å². The van der Waals surface area contributed by atoms with E-state index >= 15 is 0 Å². The fourth-order valence-electron chi connectivity index (χ4n) is 6.57. The highest BCUT2D eigenvalue weighted by Gasteiger charge is 2.38. The summed E-state index contributed by atoms with van der Waals surface area (Å²) in [5, 5.41) is 0. The fraction of sp³-hybridized carbons (Fsp3) is 0.600. The van der Waals surface area contributed by atoms with E-state index in [1.54, 1.807) is 0 Å². The normalized spacial score (nSPS) is 25.5. The van der Waals surface area contributed by atoms with E-state index in [0.717, 1.165) is 35.4 Å². The summed E-state index contributed by atoms with van der Waals surface area (Å²) in [5.41, 5.74) is 0.793. The van der Waals surface area contributed by atoms with Crippen LogP contribution >= 0.6 is 0 Å². The van der Waals surface area contributed by atoms with Crippen molar-refractivity contribution in [3.63, 3.8) is 0 Å². The first-order valence-corrected chi connectivity index (χ1v) is 13.4. The van der Waals surface area contributed by atoms with Crippen LogP contribution in [0.5, 0.6) is 0 Å². The second-order valence-electron chi connectivity index (χ2n) is 10.9. The Balaban J connectivity index is 1.26. The SMILES string of the molecule is CCCC1CCC(C2CCC(c3ccc(CCc4cc(F)c(C(F)(F)F)c(F)c4)cc3)CC2)CC1. The minimum Gasteiger partial charge on any atom is -0.206 e. The number of halogens is 5. The van der Waals surface area contributed by atoms with Crippen LogP contribution in [0.2, 0.25) is 0 Å². The maximum Gasteiger partial charge on any atom is 0.422 e. The molecule has 2 aromatic rings. The molecule has 4 rings (SSSR count). The van der Waals surface area contributed by atoms with Crippen molar-refractivity contribution in [2.75, 3.05) is 0 Å². The lowest BCUT2D eigenvalue weighted by Crippen LogP contribution is -2.25. The van der Waals surface area contributed by atoms with E-state index in [4.69, 9.17) is 0 Å². The molecule has 0 amide bonds. The lowest BCUT2D eigenvalue weighted by molar-refractivity contribution is -0.142. The molecule has 35 heavy (non-hydrogen) atoms. The summed E-state index contributed by atoms with van der Waals surface area (Å²) in [6.07, 6.45) is 9.29. The Morgan fingerprint density at radius 2 is 1.23 bits per heavy atom. The average Bonchev–Trinajstić information content (AvgIpc) is 2.83. The van der Waals surface area contributed by atoms with Gasteiger partial charge in [-0.05, 0) is 104 Å². The van der Waals surface area contributed by atoms with Crippen LogP contribution in [-0.2, 0) is 19.0 Å². The summed E-state index contributed by atoms with van der Waals surface area (Å²) in [6.45, 7) is 2.29. The van der Waals surface area contributed by atoms with Crippen LogP contribution in [0.3, 0.4) is 0 Å². The lowest BCUT2D eigenvalue weighted by Gasteiger charge is -2.38. The molecule has 0 unspecified atom stereocenters. The van der Waals surface area contributed by atoms with Crippen molar-refractivity contribution in [3.05, 3.63) is 70.3 Å². The van der Waals surface area contributed by atoms with Gasteiger partial charge in [0.05, 0.1) is 0 Å². The van der Waals surface area contributed by atoms with Crippen molar-refractivity contribution in [1.82, 2.24) is 0 Å². The summed E-state index contributed by atoms with van der Waals surface area (Å²) in [6, 6.07) is 10.0. The van der Waals surface area contributed by atoms with Crippen LogP contribution in [0.15, 0.2) is 36.4 Å². The largest absolute Gasteiger partial charge is 0.422 e. The molecule has 0 atom stereocenters. The molecule has 192 valence electrons. The van der Waals surface area contributed by atoms with E-state index in [0.29, 0.717) is 12.3 Å². The van der Waals surface area contributed by atoms with Crippen LogP contribution in [-0.4, -0.2) is 0 Å². The Labute approximate surface area is 206 Å². The van der Waals surface area contributed by atoms with Crippen molar-refractivity contribution < 1.29 is 22.0 Å². The molecule has 0 radical (unpaired) electrons. The van der Waals surface area contributed by atoms with E-state index in [1.807, 2.05) is 12.1 Å². The first kappa shape index (κ1) is 26.2. The van der Waals surface area contributed by atoms with Crippen molar-refractivity contribution in [2.45, 2.75) is 96.1 Å². The van der Waals surface area contributed by atoms with Crippen LogP contribution in [0.25, 0.3) is 0 Å². The second kappa shape index (κ2) is 11.4. The lowest BCUT2D eigenvalue weighted by atomic mass is 9.68. The predicted molar refractivity (Wildman–Crippen MR) is 130 cm³/mol. The fourth-order valence-corrected chi connectivity index (χ4v) is 6.57. The van der Waals surface area contributed by atoms with E-state index < -0.39 is 23.4 Å². The van der Waals surface area contributed by atoms with Crippen molar-refractivity contribution in [3.8, 4) is 0 Å². The van der Waals surface area contributed by atoms with Gasteiger partial charge in [-0.3, -0.25) is 0 Å². The van der Waals surface area contributed by atoms with E-state index in [-0.39, 0.29) is 12.0 Å². The molecule has 0 N–H and O–H groups in total. The van der Waals surface area contributed by atoms with Crippen LogP contribution < -0.4 is 0 Å². The summed E-state index contributed by atoms with van der Waals surface area (Å²) < 4.78 is 65.9. The number of benzene rings is 2. The van der Waals surface area contributed by atoms with Crippen LogP contribution in [0.4, 0.5) is 22.0 Å². The standard InChI is InChI=1S/C30H37F5/c1-2-3-20-6-10-23(11-7-20)25-14-16-26(17-15-25)24-12-8-21(9-13-24)4-5-22-18-27(31)29(28(32)19-22)30(33,34)35/h8-9,12-13,18-20,23,25-26H,2-7,10-11,14-17H2,1H3. The molecule has 0 spiro atoms. The van der Waals surface area contributed by atoms with Gasteiger partial charge >= 0.3 is 6.18 Å². The topological polar surface area (TPSA) is 0 Å². The van der Waals surface area contributed by atoms with Gasteiger partial charge in [-0.25, -0.2) is 8.78 Å². The molecule has 5 heteroatoms. The number of rotatable bonds is 7. The van der Waals surface area contributed by atoms with Gasteiger partial charge in [0.1, 0.15) is 17.2 Å². The molecule has 2 fully saturated rings. The van der Waals surface area contributed by atoms with Gasteiger partial charge < -0.3 is 0 Å². The van der Waals surface area contributed by atoms with Crippen LogP contribution in [0.1, 0.15) is 99.3 Å². The zero-order valence-corrected chi connectivity index (χ0v) is 20.6. The molecule has 0 aromatic heterocycles. The Morgan fingerprint density at radius 3 is 1.74 bits per heavy atom. The van der Waals surface area contributed by atoms with Gasteiger partial charge in [0.2, 0.25) is 0 Å². The van der Waals surface area contributed by atoms with Gasteiger partial charge in [0.15, 0.2) is 0 Å². The third-order valence-electron chi connectivity index (χ3n) is 8.57. The molecule has 0 heterocycles. The average molecular weight is 493 g/mol. The molecule has 2 aliphatic rings. The highest BCUT2D eigenvalue weighted by Crippen LogP contribution is 2.44.